The fourth-order valence-corrected chi connectivity index (χ4v) is 2.83. The van der Waals surface area contributed by atoms with Gasteiger partial charge in [0.1, 0.15) is 5.75 Å². The maximum atomic E-state index is 13.3. The maximum absolute atomic E-state index is 13.3. The standard InChI is InChI=1S/C18H19F2N3O2/c19-15-7-6-14(11-16(15)20)25-17-10-12(8-9-21-17)18(23-24)22-13-4-2-1-3-5-13/h6-11,13,24H,1-5H2,(H,22,23). The van der Waals surface area contributed by atoms with Gasteiger partial charge in [0.2, 0.25) is 5.88 Å². The molecule has 0 bridgehead atoms. The van der Waals surface area contributed by atoms with E-state index in [9.17, 15) is 14.0 Å². The Morgan fingerprint density at radius 3 is 2.64 bits per heavy atom. The molecule has 2 N–H and O–H groups in total. The first-order valence-electron chi connectivity index (χ1n) is 8.23. The highest BCUT2D eigenvalue weighted by Crippen LogP contribution is 2.23. The first-order chi connectivity index (χ1) is 12.2. The van der Waals surface area contributed by atoms with Crippen molar-refractivity contribution in [1.82, 2.24) is 10.5 Å². The third kappa shape index (κ3) is 4.51. The van der Waals surface area contributed by atoms with Gasteiger partial charge < -0.3 is 4.74 Å². The van der Waals surface area contributed by atoms with Crippen LogP contribution in [0.25, 0.3) is 0 Å². The summed E-state index contributed by atoms with van der Waals surface area (Å²) in [6.07, 6.45) is 6.97. The normalized spacial score (nSPS) is 15.9. The van der Waals surface area contributed by atoms with Crippen molar-refractivity contribution >= 4 is 5.84 Å². The molecule has 1 saturated carbocycles. The minimum absolute atomic E-state index is 0.131. The predicted octanol–water partition coefficient (Wildman–Crippen LogP) is 4.21. The Hall–Kier alpha value is -2.54. The average Bonchev–Trinajstić information content (AvgIpc) is 2.64. The molecule has 2 aromatic rings. The molecule has 0 atom stereocenters. The second-order valence-electron chi connectivity index (χ2n) is 5.94. The van der Waals surface area contributed by atoms with Crippen molar-refractivity contribution in [3.8, 4) is 11.6 Å². The molecule has 1 heterocycles. The largest absolute Gasteiger partial charge is 0.439 e. The fourth-order valence-electron chi connectivity index (χ4n) is 2.83. The summed E-state index contributed by atoms with van der Waals surface area (Å²) in [7, 11) is 0. The van der Waals surface area contributed by atoms with Crippen LogP contribution < -0.4 is 10.2 Å². The second kappa shape index (κ2) is 8.02. The Bertz CT molecular complexity index is 762. The summed E-state index contributed by atoms with van der Waals surface area (Å²) in [4.78, 5) is 8.61. The van der Waals surface area contributed by atoms with Crippen molar-refractivity contribution in [2.24, 2.45) is 4.99 Å². The van der Waals surface area contributed by atoms with Crippen molar-refractivity contribution in [3.63, 3.8) is 0 Å². The molecular formula is C18H19F2N3O2. The zero-order valence-corrected chi connectivity index (χ0v) is 13.6. The Morgan fingerprint density at radius 1 is 1.12 bits per heavy atom. The van der Waals surface area contributed by atoms with Crippen LogP contribution in [-0.4, -0.2) is 22.1 Å². The molecule has 0 amide bonds. The number of hydrogen-bond acceptors (Lipinski definition) is 4. The monoisotopic (exact) mass is 347 g/mol. The predicted molar refractivity (Wildman–Crippen MR) is 89.0 cm³/mol. The van der Waals surface area contributed by atoms with Gasteiger partial charge in [-0.3, -0.25) is 15.7 Å². The maximum Gasteiger partial charge on any atom is 0.219 e. The number of rotatable bonds is 4. The van der Waals surface area contributed by atoms with E-state index in [4.69, 9.17) is 4.74 Å². The van der Waals surface area contributed by atoms with Gasteiger partial charge >= 0.3 is 0 Å². The average molecular weight is 347 g/mol. The number of hydroxylamine groups is 1. The van der Waals surface area contributed by atoms with Crippen LogP contribution in [0.3, 0.4) is 0 Å². The van der Waals surface area contributed by atoms with Crippen LogP contribution in [0.2, 0.25) is 0 Å². The SMILES string of the molecule is ONC(=NC1CCCCC1)c1ccnc(Oc2ccc(F)c(F)c2)c1. The van der Waals surface area contributed by atoms with Crippen molar-refractivity contribution < 1.29 is 18.7 Å². The van der Waals surface area contributed by atoms with Crippen LogP contribution in [0.5, 0.6) is 11.6 Å². The van der Waals surface area contributed by atoms with Crippen molar-refractivity contribution in [2.75, 3.05) is 0 Å². The van der Waals surface area contributed by atoms with Gasteiger partial charge in [0.05, 0.1) is 6.04 Å². The summed E-state index contributed by atoms with van der Waals surface area (Å²) in [5.74, 6) is -1.28. The molecule has 0 radical (unpaired) electrons. The zero-order valence-electron chi connectivity index (χ0n) is 13.6. The third-order valence-corrected chi connectivity index (χ3v) is 4.11. The number of nitrogens with zero attached hydrogens (tertiary/aromatic N) is 2. The van der Waals surface area contributed by atoms with E-state index in [2.05, 4.69) is 15.5 Å². The highest BCUT2D eigenvalue weighted by molar-refractivity contribution is 5.98. The van der Waals surface area contributed by atoms with Crippen molar-refractivity contribution in [3.05, 3.63) is 53.7 Å². The van der Waals surface area contributed by atoms with Crippen LogP contribution in [0.4, 0.5) is 8.78 Å². The van der Waals surface area contributed by atoms with E-state index in [0.717, 1.165) is 37.8 Å². The van der Waals surface area contributed by atoms with Crippen LogP contribution >= 0.6 is 0 Å². The van der Waals surface area contributed by atoms with E-state index < -0.39 is 11.6 Å². The molecule has 1 fully saturated rings. The lowest BCUT2D eigenvalue weighted by atomic mass is 9.96. The topological polar surface area (TPSA) is 66.7 Å². The number of ether oxygens (including phenoxy) is 1. The smallest absolute Gasteiger partial charge is 0.219 e. The number of halogens is 2. The van der Waals surface area contributed by atoms with E-state index in [0.29, 0.717) is 11.4 Å². The molecular weight excluding hydrogens is 328 g/mol. The molecule has 1 aliphatic carbocycles. The summed E-state index contributed by atoms with van der Waals surface area (Å²) in [6.45, 7) is 0. The Kier molecular flexibility index (Phi) is 5.55. The molecule has 0 aliphatic heterocycles. The van der Waals surface area contributed by atoms with Gasteiger partial charge in [0, 0.05) is 23.9 Å². The van der Waals surface area contributed by atoms with Gasteiger partial charge in [-0.1, -0.05) is 19.3 Å². The van der Waals surface area contributed by atoms with Gasteiger partial charge in [-0.05, 0) is 31.0 Å². The molecule has 0 saturated heterocycles. The van der Waals surface area contributed by atoms with Gasteiger partial charge in [-0.15, -0.1) is 0 Å². The van der Waals surface area contributed by atoms with Gasteiger partial charge in [-0.25, -0.2) is 13.8 Å². The lowest BCUT2D eigenvalue weighted by Crippen LogP contribution is -2.24. The molecule has 0 unspecified atom stereocenters. The number of pyridine rings is 1. The van der Waals surface area contributed by atoms with E-state index in [-0.39, 0.29) is 17.7 Å². The second-order valence-corrected chi connectivity index (χ2v) is 5.94. The van der Waals surface area contributed by atoms with Crippen molar-refractivity contribution in [1.29, 1.82) is 0 Å². The van der Waals surface area contributed by atoms with Crippen molar-refractivity contribution in [2.45, 2.75) is 38.1 Å². The fraction of sp³-hybridized carbons (Fsp3) is 0.333. The number of hydrogen-bond donors (Lipinski definition) is 2. The van der Waals surface area contributed by atoms with Gasteiger partial charge in [0.15, 0.2) is 17.5 Å². The highest BCUT2D eigenvalue weighted by Gasteiger charge is 2.14. The first-order valence-corrected chi connectivity index (χ1v) is 8.23. The van der Waals surface area contributed by atoms with Gasteiger partial charge in [-0.2, -0.15) is 0 Å². The third-order valence-electron chi connectivity index (χ3n) is 4.11. The number of benzene rings is 1. The van der Waals surface area contributed by atoms with E-state index in [1.807, 2.05) is 0 Å². The van der Waals surface area contributed by atoms with E-state index >= 15 is 0 Å². The quantitative estimate of drug-likeness (QED) is 0.494. The minimum atomic E-state index is -0.995. The molecule has 25 heavy (non-hydrogen) atoms. The summed E-state index contributed by atoms with van der Waals surface area (Å²) in [5.41, 5.74) is 2.73. The summed E-state index contributed by atoms with van der Waals surface area (Å²) < 4.78 is 31.7. The summed E-state index contributed by atoms with van der Waals surface area (Å²) in [5, 5.41) is 9.42. The molecule has 1 aliphatic rings. The lowest BCUT2D eigenvalue weighted by molar-refractivity contribution is 0.233. The summed E-state index contributed by atoms with van der Waals surface area (Å²) in [6, 6.07) is 6.68. The number of aliphatic imine (C=N–C) groups is 1. The molecule has 3 rings (SSSR count). The molecule has 1 aromatic heterocycles. The Labute approximate surface area is 144 Å². The highest BCUT2D eigenvalue weighted by atomic mass is 19.2. The first kappa shape index (κ1) is 17.3. The van der Waals surface area contributed by atoms with Crippen LogP contribution in [0, 0.1) is 11.6 Å². The number of amidine groups is 1. The number of aromatic nitrogens is 1. The van der Waals surface area contributed by atoms with E-state index in [1.165, 1.54) is 18.7 Å². The number of nitrogens with one attached hydrogen (secondary N) is 1. The van der Waals surface area contributed by atoms with Crippen LogP contribution in [0.1, 0.15) is 37.7 Å². The van der Waals surface area contributed by atoms with E-state index in [1.54, 1.807) is 12.1 Å². The summed E-state index contributed by atoms with van der Waals surface area (Å²) >= 11 is 0. The van der Waals surface area contributed by atoms with Crippen LogP contribution in [-0.2, 0) is 0 Å². The Morgan fingerprint density at radius 2 is 1.92 bits per heavy atom. The van der Waals surface area contributed by atoms with Gasteiger partial charge in [0.25, 0.3) is 0 Å². The molecule has 0 spiro atoms. The van der Waals surface area contributed by atoms with Crippen LogP contribution in [0.15, 0.2) is 41.5 Å². The molecule has 132 valence electrons. The molecule has 5 nitrogen and oxygen atoms in total. The lowest BCUT2D eigenvalue weighted by Gasteiger charge is -2.19. The molecule has 7 heteroatoms. The molecule has 1 aromatic carbocycles. The zero-order chi connectivity index (χ0) is 17.6. The minimum Gasteiger partial charge on any atom is -0.439 e. The Balaban J connectivity index is 1.79.